The van der Waals surface area contributed by atoms with Crippen LogP contribution in [0.2, 0.25) is 0 Å². The van der Waals surface area contributed by atoms with Gasteiger partial charge in [0.2, 0.25) is 5.91 Å². The number of fused-ring (bicyclic) bond motifs is 1. The second-order valence-corrected chi connectivity index (χ2v) is 7.05. The number of carbonyl (C=O) groups excluding carboxylic acids is 4. The summed E-state index contributed by atoms with van der Waals surface area (Å²) in [5.74, 6) is -2.16. The summed E-state index contributed by atoms with van der Waals surface area (Å²) in [4.78, 5) is 47.8. The summed E-state index contributed by atoms with van der Waals surface area (Å²) in [5.41, 5.74) is 5.60. The van der Waals surface area contributed by atoms with Crippen LogP contribution in [-0.2, 0) is 19.1 Å². The highest BCUT2D eigenvalue weighted by Gasteiger charge is 2.32. The van der Waals surface area contributed by atoms with Gasteiger partial charge in [0.05, 0.1) is 17.4 Å². The normalized spacial score (nSPS) is 17.2. The third kappa shape index (κ3) is 4.96. The minimum Gasteiger partial charge on any atom is -0.452 e. The van der Waals surface area contributed by atoms with E-state index < -0.39 is 29.3 Å². The topological polar surface area (TPSA) is 128 Å². The number of carbonyl (C=O) groups is 4. The van der Waals surface area contributed by atoms with Gasteiger partial charge in [0.1, 0.15) is 0 Å². The lowest BCUT2D eigenvalue weighted by atomic mass is 10.1. The molecule has 0 saturated heterocycles. The van der Waals surface area contributed by atoms with Crippen molar-refractivity contribution in [3.63, 3.8) is 0 Å². The zero-order valence-corrected chi connectivity index (χ0v) is 14.6. The van der Waals surface area contributed by atoms with Crippen molar-refractivity contribution in [3.05, 3.63) is 24.3 Å². The van der Waals surface area contributed by atoms with E-state index in [1.807, 2.05) is 17.4 Å². The minimum atomic E-state index is -1.16. The van der Waals surface area contributed by atoms with E-state index in [1.54, 1.807) is 26.0 Å². The molecular formula is C16H19N3O5S. The van der Waals surface area contributed by atoms with E-state index in [0.717, 1.165) is 4.90 Å². The molecule has 1 aliphatic rings. The van der Waals surface area contributed by atoms with Crippen LogP contribution in [0.25, 0.3) is 0 Å². The molecule has 0 bridgehead atoms. The molecule has 0 unspecified atom stereocenters. The van der Waals surface area contributed by atoms with Gasteiger partial charge in [-0.15, -0.1) is 11.8 Å². The van der Waals surface area contributed by atoms with Crippen molar-refractivity contribution in [2.75, 3.05) is 5.32 Å². The Morgan fingerprint density at radius 3 is 2.64 bits per heavy atom. The van der Waals surface area contributed by atoms with Gasteiger partial charge >= 0.3 is 12.0 Å². The lowest BCUT2D eigenvalue weighted by Crippen LogP contribution is -2.46. The van der Waals surface area contributed by atoms with Crippen LogP contribution < -0.4 is 16.4 Å². The fraction of sp³-hybridized carbons (Fsp3) is 0.375. The molecule has 1 heterocycles. The van der Waals surface area contributed by atoms with Gasteiger partial charge in [-0.3, -0.25) is 19.7 Å². The second-order valence-electron chi connectivity index (χ2n) is 5.80. The molecule has 0 radical (unpaired) electrons. The standard InChI is InChI=1S/C16H19N3O5S/c1-8(2)13(15(22)19-16(17)23)24-12(20)7-11-14(21)18-9-5-3-4-6-10(9)25-11/h3-6,8,11,13H,7H2,1-2H3,(H,18,21)(H3,17,19,22,23)/t11-,13-/m1/s1. The fourth-order valence-electron chi connectivity index (χ4n) is 2.25. The van der Waals surface area contributed by atoms with E-state index in [1.165, 1.54) is 11.8 Å². The van der Waals surface area contributed by atoms with Crippen LogP contribution in [-0.4, -0.2) is 35.2 Å². The van der Waals surface area contributed by atoms with E-state index in [2.05, 4.69) is 5.32 Å². The predicted octanol–water partition coefficient (Wildman–Crippen LogP) is 1.25. The summed E-state index contributed by atoms with van der Waals surface area (Å²) in [6.45, 7) is 3.33. The molecule has 4 N–H and O–H groups in total. The summed E-state index contributed by atoms with van der Waals surface area (Å²) in [7, 11) is 0. The van der Waals surface area contributed by atoms with E-state index in [-0.39, 0.29) is 18.2 Å². The summed E-state index contributed by atoms with van der Waals surface area (Å²) in [5, 5.41) is 3.97. The van der Waals surface area contributed by atoms with Crippen molar-refractivity contribution >= 4 is 41.3 Å². The minimum absolute atomic E-state index is 0.197. The molecule has 2 rings (SSSR count). The van der Waals surface area contributed by atoms with Crippen LogP contribution in [0.4, 0.5) is 10.5 Å². The van der Waals surface area contributed by atoms with Gasteiger partial charge in [0.25, 0.3) is 5.91 Å². The Kier molecular flexibility index (Phi) is 6.02. The number of anilines is 1. The maximum absolute atomic E-state index is 12.2. The molecule has 134 valence electrons. The fourth-order valence-corrected chi connectivity index (χ4v) is 3.35. The Balaban J connectivity index is 2.00. The van der Waals surface area contributed by atoms with E-state index in [4.69, 9.17) is 10.5 Å². The SMILES string of the molecule is CC(C)[C@@H](OC(=O)C[C@H]1Sc2ccccc2NC1=O)C(=O)NC(N)=O. The van der Waals surface area contributed by atoms with Crippen molar-refractivity contribution in [2.45, 2.75) is 36.5 Å². The molecule has 0 saturated carbocycles. The smallest absolute Gasteiger partial charge is 0.318 e. The largest absolute Gasteiger partial charge is 0.452 e. The molecule has 9 heteroatoms. The van der Waals surface area contributed by atoms with Gasteiger partial charge < -0.3 is 15.8 Å². The highest BCUT2D eigenvalue weighted by Crippen LogP contribution is 2.36. The third-order valence-electron chi connectivity index (χ3n) is 3.43. The molecule has 1 aliphatic heterocycles. The summed E-state index contributed by atoms with van der Waals surface area (Å²) >= 11 is 1.26. The third-order valence-corrected chi connectivity index (χ3v) is 4.70. The van der Waals surface area contributed by atoms with E-state index in [0.29, 0.717) is 5.69 Å². The molecule has 0 aliphatic carbocycles. The molecular weight excluding hydrogens is 346 g/mol. The summed E-state index contributed by atoms with van der Waals surface area (Å²) in [6, 6.07) is 6.23. The first kappa shape index (κ1) is 18.8. The Bertz CT molecular complexity index is 707. The number of ether oxygens (including phenoxy) is 1. The van der Waals surface area contributed by atoms with Crippen molar-refractivity contribution in [1.82, 2.24) is 5.32 Å². The molecule has 0 fully saturated rings. The number of nitrogens with two attached hydrogens (primary N) is 1. The van der Waals surface area contributed by atoms with E-state index >= 15 is 0 Å². The summed E-state index contributed by atoms with van der Waals surface area (Å²) in [6.07, 6.45) is -1.36. The van der Waals surface area contributed by atoms with Crippen molar-refractivity contribution in [3.8, 4) is 0 Å². The average Bonchev–Trinajstić information content (AvgIpc) is 2.52. The van der Waals surface area contributed by atoms with Crippen molar-refractivity contribution in [2.24, 2.45) is 11.7 Å². The predicted molar refractivity (Wildman–Crippen MR) is 91.8 cm³/mol. The number of rotatable bonds is 5. The highest BCUT2D eigenvalue weighted by molar-refractivity contribution is 8.01. The number of hydrogen-bond donors (Lipinski definition) is 3. The number of hydrogen-bond acceptors (Lipinski definition) is 6. The second kappa shape index (κ2) is 8.02. The number of thioether (sulfide) groups is 1. The van der Waals surface area contributed by atoms with Crippen LogP contribution in [0.1, 0.15) is 20.3 Å². The van der Waals surface area contributed by atoms with Gasteiger partial charge in [0.15, 0.2) is 6.10 Å². The number of imide groups is 1. The van der Waals surface area contributed by atoms with Crippen LogP contribution in [0.3, 0.4) is 0 Å². The van der Waals surface area contributed by atoms with Gasteiger partial charge in [0, 0.05) is 4.90 Å². The van der Waals surface area contributed by atoms with Gasteiger partial charge in [-0.2, -0.15) is 0 Å². The van der Waals surface area contributed by atoms with Gasteiger partial charge in [-0.1, -0.05) is 26.0 Å². The molecule has 4 amide bonds. The van der Waals surface area contributed by atoms with Crippen molar-refractivity contribution in [1.29, 1.82) is 0 Å². The Morgan fingerprint density at radius 2 is 2.00 bits per heavy atom. The van der Waals surface area contributed by atoms with Gasteiger partial charge in [-0.05, 0) is 18.1 Å². The van der Waals surface area contributed by atoms with Gasteiger partial charge in [-0.25, -0.2) is 4.79 Å². The number of urea groups is 1. The molecule has 0 aromatic heterocycles. The van der Waals surface area contributed by atoms with Crippen LogP contribution in [0.5, 0.6) is 0 Å². The first-order valence-electron chi connectivity index (χ1n) is 7.64. The van der Waals surface area contributed by atoms with Crippen LogP contribution in [0.15, 0.2) is 29.2 Å². The maximum Gasteiger partial charge on any atom is 0.318 e. The Hall–Kier alpha value is -2.55. The first-order chi connectivity index (χ1) is 11.8. The molecule has 0 spiro atoms. The quantitative estimate of drug-likeness (QED) is 0.674. The zero-order chi connectivity index (χ0) is 18.6. The number of nitrogens with one attached hydrogen (secondary N) is 2. The molecule has 8 nitrogen and oxygen atoms in total. The van der Waals surface area contributed by atoms with Crippen molar-refractivity contribution < 1.29 is 23.9 Å². The number of para-hydroxylation sites is 1. The number of primary amides is 1. The number of amides is 4. The lowest BCUT2D eigenvalue weighted by Gasteiger charge is -2.25. The molecule has 1 aromatic carbocycles. The number of benzene rings is 1. The maximum atomic E-state index is 12.2. The lowest BCUT2D eigenvalue weighted by molar-refractivity contribution is -0.158. The van der Waals surface area contributed by atoms with Crippen LogP contribution in [0, 0.1) is 5.92 Å². The average molecular weight is 365 g/mol. The number of esters is 1. The molecule has 25 heavy (non-hydrogen) atoms. The summed E-state index contributed by atoms with van der Waals surface area (Å²) < 4.78 is 5.16. The first-order valence-corrected chi connectivity index (χ1v) is 8.52. The van der Waals surface area contributed by atoms with E-state index in [9.17, 15) is 19.2 Å². The zero-order valence-electron chi connectivity index (χ0n) is 13.8. The monoisotopic (exact) mass is 365 g/mol. The molecule has 1 aromatic rings. The molecule has 2 atom stereocenters. The van der Waals surface area contributed by atoms with Crippen LogP contribution >= 0.6 is 11.8 Å². The Morgan fingerprint density at radius 1 is 1.32 bits per heavy atom. The Labute approximate surface area is 148 Å². The highest BCUT2D eigenvalue weighted by atomic mass is 32.2.